The Bertz CT molecular complexity index is 1820. The molecule has 3 aliphatic rings. The lowest BCUT2D eigenvalue weighted by Gasteiger charge is -2.40. The number of benzene rings is 2. The number of amides is 1. The second kappa shape index (κ2) is 11.5. The maximum atomic E-state index is 12.5. The minimum absolute atomic E-state index is 0.114. The van der Waals surface area contributed by atoms with Crippen molar-refractivity contribution in [3.8, 4) is 11.3 Å². The van der Waals surface area contributed by atoms with Crippen molar-refractivity contribution in [1.82, 2.24) is 24.6 Å². The third-order valence-electron chi connectivity index (χ3n) is 8.83. The SMILES string of the molecule is CC(C)(C)OC(=O)N1CC(c2ccc3ncc(-c4cn(C5CC(COS(=O)(=O)Cc6ccccc6)C5)nc4C4CC4)nc3c2)C1. The lowest BCUT2D eigenvalue weighted by molar-refractivity contribution is 0.00820. The molecule has 10 nitrogen and oxygen atoms in total. The number of ether oxygens (including phenoxy) is 1. The Morgan fingerprint density at radius 2 is 1.76 bits per heavy atom. The summed E-state index contributed by atoms with van der Waals surface area (Å²) in [6, 6.07) is 15.5. The molecular weight excluding hydrogens is 590 g/mol. The van der Waals surface area contributed by atoms with E-state index in [1.54, 1.807) is 17.0 Å². The number of hydrogen-bond acceptors (Lipinski definition) is 8. The Hall–Kier alpha value is -3.83. The van der Waals surface area contributed by atoms with Gasteiger partial charge < -0.3 is 9.64 Å². The smallest absolute Gasteiger partial charge is 0.410 e. The molecule has 2 aliphatic carbocycles. The van der Waals surface area contributed by atoms with Crippen LogP contribution >= 0.6 is 0 Å². The molecule has 0 atom stereocenters. The normalized spacial score (nSPS) is 20.6. The number of rotatable bonds is 9. The molecule has 2 saturated carbocycles. The fraction of sp³-hybridized carbons (Fsp3) is 0.471. The molecule has 0 bridgehead atoms. The summed E-state index contributed by atoms with van der Waals surface area (Å²) < 4.78 is 37.9. The summed E-state index contributed by atoms with van der Waals surface area (Å²) in [7, 11) is -3.63. The monoisotopic (exact) mass is 629 g/mol. The van der Waals surface area contributed by atoms with E-state index in [-0.39, 0.29) is 36.3 Å². The summed E-state index contributed by atoms with van der Waals surface area (Å²) in [5.74, 6) is 0.730. The Labute approximate surface area is 263 Å². The fourth-order valence-corrected chi connectivity index (χ4v) is 7.18. The topological polar surface area (TPSA) is 117 Å². The molecule has 3 heterocycles. The van der Waals surface area contributed by atoms with Crippen LogP contribution in [0.5, 0.6) is 0 Å². The Balaban J connectivity index is 1.01. The van der Waals surface area contributed by atoms with Crippen LogP contribution in [0.15, 0.2) is 60.9 Å². The van der Waals surface area contributed by atoms with Crippen molar-refractivity contribution in [2.75, 3.05) is 19.7 Å². The first-order valence-corrected chi connectivity index (χ1v) is 17.3. The quantitative estimate of drug-likeness (QED) is 0.201. The van der Waals surface area contributed by atoms with E-state index in [1.165, 1.54) is 0 Å². The van der Waals surface area contributed by atoms with Gasteiger partial charge in [0.2, 0.25) is 0 Å². The van der Waals surface area contributed by atoms with Crippen LogP contribution in [-0.4, -0.2) is 64.5 Å². The van der Waals surface area contributed by atoms with Crippen molar-refractivity contribution in [2.45, 2.75) is 75.7 Å². The van der Waals surface area contributed by atoms with Gasteiger partial charge in [-0.15, -0.1) is 0 Å². The minimum atomic E-state index is -3.63. The predicted octanol–water partition coefficient (Wildman–Crippen LogP) is 6.20. The van der Waals surface area contributed by atoms with Crippen molar-refractivity contribution in [3.63, 3.8) is 0 Å². The predicted molar refractivity (Wildman–Crippen MR) is 170 cm³/mol. The van der Waals surface area contributed by atoms with Crippen LogP contribution < -0.4 is 0 Å². The van der Waals surface area contributed by atoms with Gasteiger partial charge >= 0.3 is 6.09 Å². The molecular formula is C34H39N5O5S. The maximum absolute atomic E-state index is 12.5. The van der Waals surface area contributed by atoms with Gasteiger partial charge in [-0.05, 0) is 75.6 Å². The van der Waals surface area contributed by atoms with E-state index in [1.807, 2.05) is 55.9 Å². The highest BCUT2D eigenvalue weighted by atomic mass is 32.2. The summed E-state index contributed by atoms with van der Waals surface area (Å²) >= 11 is 0. The van der Waals surface area contributed by atoms with Crippen molar-refractivity contribution < 1.29 is 22.1 Å². The van der Waals surface area contributed by atoms with Crippen molar-refractivity contribution in [2.24, 2.45) is 5.92 Å². The number of aromatic nitrogens is 4. The molecule has 2 aromatic carbocycles. The number of nitrogens with zero attached hydrogens (tertiary/aromatic N) is 5. The van der Waals surface area contributed by atoms with Crippen LogP contribution in [0.4, 0.5) is 4.79 Å². The zero-order valence-electron chi connectivity index (χ0n) is 25.9. The van der Waals surface area contributed by atoms with Crippen molar-refractivity contribution in [3.05, 3.63) is 77.7 Å². The number of hydrogen-bond donors (Lipinski definition) is 0. The van der Waals surface area contributed by atoms with Gasteiger partial charge in [0.25, 0.3) is 10.1 Å². The Morgan fingerprint density at radius 1 is 1.00 bits per heavy atom. The first kappa shape index (κ1) is 29.9. The molecule has 4 aromatic rings. The summed E-state index contributed by atoms with van der Waals surface area (Å²) in [6.45, 7) is 7.08. The zero-order chi connectivity index (χ0) is 31.3. The molecule has 3 fully saturated rings. The van der Waals surface area contributed by atoms with Crippen LogP contribution in [0, 0.1) is 5.92 Å². The van der Waals surface area contributed by atoms with Crippen LogP contribution in [0.25, 0.3) is 22.3 Å². The number of fused-ring (bicyclic) bond motifs is 1. The number of likely N-dealkylation sites (tertiary alicyclic amines) is 1. The average molecular weight is 630 g/mol. The van der Waals surface area contributed by atoms with Gasteiger partial charge in [0, 0.05) is 36.7 Å². The van der Waals surface area contributed by atoms with Gasteiger partial charge in [0.1, 0.15) is 11.4 Å². The summed E-state index contributed by atoms with van der Waals surface area (Å²) in [6.07, 6.45) is 7.52. The van der Waals surface area contributed by atoms with E-state index >= 15 is 0 Å². The largest absolute Gasteiger partial charge is 0.444 e. The second-order valence-electron chi connectivity index (χ2n) is 13.7. The lowest BCUT2D eigenvalue weighted by atomic mass is 9.81. The molecule has 0 spiro atoms. The van der Waals surface area contributed by atoms with Crippen molar-refractivity contribution in [1.29, 1.82) is 0 Å². The van der Waals surface area contributed by atoms with Gasteiger partial charge in [0.05, 0.1) is 41.3 Å². The summed E-state index contributed by atoms with van der Waals surface area (Å²) in [4.78, 5) is 23.9. The molecule has 1 amide bonds. The first-order chi connectivity index (χ1) is 21.5. The third kappa shape index (κ3) is 6.74. The van der Waals surface area contributed by atoms with Gasteiger partial charge in [-0.2, -0.15) is 13.5 Å². The maximum Gasteiger partial charge on any atom is 0.410 e. The van der Waals surface area contributed by atoms with Crippen LogP contribution in [0.2, 0.25) is 0 Å². The molecule has 1 saturated heterocycles. The molecule has 1 aliphatic heterocycles. The first-order valence-electron chi connectivity index (χ1n) is 15.7. The van der Waals surface area contributed by atoms with E-state index in [2.05, 4.69) is 18.3 Å². The highest BCUT2D eigenvalue weighted by Gasteiger charge is 2.37. The van der Waals surface area contributed by atoms with E-state index in [4.69, 9.17) is 24.0 Å². The Morgan fingerprint density at radius 3 is 2.47 bits per heavy atom. The molecule has 45 heavy (non-hydrogen) atoms. The molecule has 236 valence electrons. The van der Waals surface area contributed by atoms with E-state index in [0.29, 0.717) is 19.0 Å². The third-order valence-corrected chi connectivity index (χ3v) is 10.0. The molecule has 0 radical (unpaired) electrons. The molecule has 7 rings (SSSR count). The van der Waals surface area contributed by atoms with E-state index in [0.717, 1.165) is 64.8 Å². The summed E-state index contributed by atoms with van der Waals surface area (Å²) in [5.41, 5.74) is 5.90. The molecule has 2 aromatic heterocycles. The Kier molecular flexibility index (Phi) is 7.64. The van der Waals surface area contributed by atoms with Crippen LogP contribution in [0.3, 0.4) is 0 Å². The van der Waals surface area contributed by atoms with Gasteiger partial charge in [-0.3, -0.25) is 13.8 Å². The summed E-state index contributed by atoms with van der Waals surface area (Å²) in [5, 5.41) is 5.01. The van der Waals surface area contributed by atoms with Crippen LogP contribution in [0.1, 0.15) is 81.2 Å². The standard InChI is InChI=1S/C34H39N5O5S/c1-34(2,3)44-33(40)38-17-26(18-38)25-11-12-29-30(15-25)36-31(16-35-29)28-19-39(37-32(28)24-9-10-24)27-13-23(14-27)20-43-45(41,42)21-22-7-5-4-6-8-22/h4-8,11-12,15-16,19,23-24,26-27H,9-10,13-14,17-18,20-21H2,1-3H3. The lowest BCUT2D eigenvalue weighted by Crippen LogP contribution is -2.50. The van der Waals surface area contributed by atoms with Crippen LogP contribution in [-0.2, 0) is 24.8 Å². The van der Waals surface area contributed by atoms with Crippen molar-refractivity contribution >= 4 is 27.2 Å². The fourth-order valence-electron chi connectivity index (χ4n) is 6.10. The number of carbonyl (C=O) groups is 1. The van der Waals surface area contributed by atoms with E-state index in [9.17, 15) is 13.2 Å². The second-order valence-corrected chi connectivity index (χ2v) is 15.4. The van der Waals surface area contributed by atoms with Gasteiger partial charge in [0.15, 0.2) is 0 Å². The average Bonchev–Trinajstić information content (AvgIpc) is 3.69. The highest BCUT2D eigenvalue weighted by Crippen LogP contribution is 2.45. The highest BCUT2D eigenvalue weighted by molar-refractivity contribution is 7.85. The molecule has 11 heteroatoms. The zero-order valence-corrected chi connectivity index (χ0v) is 26.7. The van der Waals surface area contributed by atoms with E-state index < -0.39 is 15.7 Å². The van der Waals surface area contributed by atoms with Gasteiger partial charge in [-0.1, -0.05) is 36.4 Å². The number of carbonyl (C=O) groups excluding carboxylic acids is 1. The van der Waals surface area contributed by atoms with Gasteiger partial charge in [-0.25, -0.2) is 9.78 Å². The molecule has 0 unspecified atom stereocenters. The minimum Gasteiger partial charge on any atom is -0.444 e. The molecule has 0 N–H and O–H groups in total.